The van der Waals surface area contributed by atoms with Gasteiger partial charge in [-0.15, -0.1) is 0 Å². The minimum absolute atomic E-state index is 0.115. The summed E-state index contributed by atoms with van der Waals surface area (Å²) < 4.78 is 44.5. The third kappa shape index (κ3) is 4.36. The van der Waals surface area contributed by atoms with E-state index in [9.17, 15) is 28.1 Å². The molecule has 2 aromatic rings. The zero-order valence-corrected chi connectivity index (χ0v) is 13.1. The zero-order chi connectivity index (χ0) is 19.3. The predicted octanol–water partition coefficient (Wildman–Crippen LogP) is 3.77. The van der Waals surface area contributed by atoms with Gasteiger partial charge in [0.1, 0.15) is 12.7 Å². The van der Waals surface area contributed by atoms with Gasteiger partial charge in [-0.1, -0.05) is 36.4 Å². The second kappa shape index (κ2) is 7.65. The molecule has 9 heteroatoms. The van der Waals surface area contributed by atoms with Crippen molar-refractivity contribution in [2.45, 2.75) is 19.2 Å². The fourth-order valence-corrected chi connectivity index (χ4v) is 2.31. The van der Waals surface area contributed by atoms with Gasteiger partial charge in [-0.3, -0.25) is 14.9 Å². The average Bonchev–Trinajstić information content (AvgIpc) is 2.59. The van der Waals surface area contributed by atoms with E-state index < -0.39 is 45.9 Å². The van der Waals surface area contributed by atoms with Crippen LogP contribution in [0.3, 0.4) is 0 Å². The summed E-state index contributed by atoms with van der Waals surface area (Å²) in [7, 11) is 0. The molecule has 0 bridgehead atoms. The van der Waals surface area contributed by atoms with Gasteiger partial charge >= 0.3 is 12.1 Å². The van der Waals surface area contributed by atoms with Crippen molar-refractivity contribution < 1.29 is 27.6 Å². The normalized spacial score (nSPS) is 10.8. The Hall–Kier alpha value is -3.41. The molecule has 0 aromatic heterocycles. The molecule has 0 aliphatic heterocycles. The second-order valence-electron chi connectivity index (χ2n) is 5.19. The molecule has 134 valence electrons. The van der Waals surface area contributed by atoms with E-state index in [4.69, 9.17) is 10.00 Å². The van der Waals surface area contributed by atoms with Crippen molar-refractivity contribution in [3.63, 3.8) is 0 Å². The smallest absolute Gasteiger partial charge is 0.424 e. The van der Waals surface area contributed by atoms with Crippen molar-refractivity contribution >= 4 is 11.7 Å². The minimum atomic E-state index is -5.11. The molecule has 0 saturated heterocycles. The van der Waals surface area contributed by atoms with Crippen LogP contribution in [-0.4, -0.2) is 10.9 Å². The van der Waals surface area contributed by atoms with Crippen molar-refractivity contribution in [2.24, 2.45) is 0 Å². The summed E-state index contributed by atoms with van der Waals surface area (Å²) in [5.41, 5.74) is -3.68. The SMILES string of the molecule is N#Cc1ccc(CC(=O)OCc2ccccc2)c([N+](=O)[O-])c1C(F)(F)F. The summed E-state index contributed by atoms with van der Waals surface area (Å²) in [4.78, 5) is 21.8. The molecule has 0 atom stereocenters. The lowest BCUT2D eigenvalue weighted by Gasteiger charge is -2.12. The van der Waals surface area contributed by atoms with Gasteiger partial charge in [0.2, 0.25) is 0 Å². The average molecular weight is 364 g/mol. The van der Waals surface area contributed by atoms with Crippen LogP contribution in [0.4, 0.5) is 18.9 Å². The number of alkyl halides is 3. The standard InChI is InChI=1S/C17H11F3N2O4/c18-17(19,20)15-13(9-21)7-6-12(16(15)22(24)25)8-14(23)26-10-11-4-2-1-3-5-11/h1-7H,8,10H2. The van der Waals surface area contributed by atoms with Gasteiger partial charge in [0, 0.05) is 5.56 Å². The summed E-state index contributed by atoms with van der Waals surface area (Å²) in [5.74, 6) is -0.921. The van der Waals surface area contributed by atoms with Crippen LogP contribution in [0.25, 0.3) is 0 Å². The van der Waals surface area contributed by atoms with Gasteiger partial charge in [-0.25, -0.2) is 0 Å². The number of halogens is 3. The lowest BCUT2D eigenvalue weighted by atomic mass is 9.99. The summed E-state index contributed by atoms with van der Waals surface area (Å²) in [5, 5.41) is 20.0. The molecule has 0 aliphatic rings. The molecule has 2 aromatic carbocycles. The number of benzene rings is 2. The Morgan fingerprint density at radius 3 is 2.38 bits per heavy atom. The van der Waals surface area contributed by atoms with Crippen molar-refractivity contribution in [1.82, 2.24) is 0 Å². The molecule has 2 rings (SSSR count). The molecular formula is C17H11F3N2O4. The van der Waals surface area contributed by atoms with Gasteiger partial charge in [0.15, 0.2) is 5.56 Å². The van der Waals surface area contributed by atoms with Crippen LogP contribution in [0, 0.1) is 21.4 Å². The molecule has 0 fully saturated rings. The molecule has 0 amide bonds. The highest BCUT2D eigenvalue weighted by atomic mass is 19.4. The third-order valence-electron chi connectivity index (χ3n) is 3.43. The largest absolute Gasteiger partial charge is 0.461 e. The number of carbonyl (C=O) groups is 1. The van der Waals surface area contributed by atoms with Crippen LogP contribution in [0.2, 0.25) is 0 Å². The Balaban J connectivity index is 2.30. The van der Waals surface area contributed by atoms with Gasteiger partial charge in [0.05, 0.1) is 16.9 Å². The van der Waals surface area contributed by atoms with E-state index in [1.807, 2.05) is 0 Å². The Kier molecular flexibility index (Phi) is 5.57. The van der Waals surface area contributed by atoms with E-state index in [1.54, 1.807) is 30.3 Å². The van der Waals surface area contributed by atoms with Gasteiger partial charge in [-0.2, -0.15) is 18.4 Å². The zero-order valence-electron chi connectivity index (χ0n) is 13.1. The highest BCUT2D eigenvalue weighted by Gasteiger charge is 2.43. The highest BCUT2D eigenvalue weighted by Crippen LogP contribution is 2.40. The maximum atomic E-state index is 13.2. The van der Waals surface area contributed by atoms with Crippen LogP contribution in [-0.2, 0) is 28.7 Å². The molecule has 0 N–H and O–H groups in total. The summed E-state index contributed by atoms with van der Waals surface area (Å²) in [6, 6.07) is 11.6. The lowest BCUT2D eigenvalue weighted by molar-refractivity contribution is -0.388. The first-order valence-electron chi connectivity index (χ1n) is 7.21. The number of ether oxygens (including phenoxy) is 1. The fraction of sp³-hybridized carbons (Fsp3) is 0.176. The van der Waals surface area contributed by atoms with Crippen LogP contribution in [0.15, 0.2) is 42.5 Å². The number of nitro groups is 1. The van der Waals surface area contributed by atoms with Crippen LogP contribution >= 0.6 is 0 Å². The molecule has 0 radical (unpaired) electrons. The monoisotopic (exact) mass is 364 g/mol. The number of nitriles is 1. The molecule has 0 saturated carbocycles. The molecule has 0 spiro atoms. The Morgan fingerprint density at radius 2 is 1.85 bits per heavy atom. The number of nitro benzene ring substituents is 1. The van der Waals surface area contributed by atoms with Gasteiger partial charge in [-0.05, 0) is 11.6 Å². The quantitative estimate of drug-likeness (QED) is 0.457. The third-order valence-corrected chi connectivity index (χ3v) is 3.43. The maximum Gasteiger partial charge on any atom is 0.424 e. The number of carbonyl (C=O) groups excluding carboxylic acids is 1. The van der Waals surface area contributed by atoms with E-state index in [1.165, 1.54) is 6.07 Å². The van der Waals surface area contributed by atoms with E-state index in [2.05, 4.69) is 0 Å². The molecule has 0 heterocycles. The molecule has 6 nitrogen and oxygen atoms in total. The fourth-order valence-electron chi connectivity index (χ4n) is 2.31. The first kappa shape index (κ1) is 18.9. The van der Waals surface area contributed by atoms with Gasteiger partial charge in [0.25, 0.3) is 5.69 Å². The Bertz CT molecular complexity index is 874. The lowest BCUT2D eigenvalue weighted by Crippen LogP contribution is -2.16. The molecular weight excluding hydrogens is 353 g/mol. The van der Waals surface area contributed by atoms with E-state index >= 15 is 0 Å². The maximum absolute atomic E-state index is 13.2. The second-order valence-corrected chi connectivity index (χ2v) is 5.19. The van der Waals surface area contributed by atoms with Crippen molar-refractivity contribution in [3.8, 4) is 6.07 Å². The van der Waals surface area contributed by atoms with Crippen molar-refractivity contribution in [3.05, 3.63) is 74.8 Å². The number of nitrogens with zero attached hydrogens (tertiary/aromatic N) is 2. The highest BCUT2D eigenvalue weighted by molar-refractivity contribution is 5.75. The summed E-state index contributed by atoms with van der Waals surface area (Å²) >= 11 is 0. The number of esters is 1. The first-order chi connectivity index (χ1) is 12.2. The minimum Gasteiger partial charge on any atom is -0.461 e. The van der Waals surface area contributed by atoms with E-state index in [0.29, 0.717) is 5.56 Å². The molecule has 0 aliphatic carbocycles. The van der Waals surface area contributed by atoms with Crippen LogP contribution in [0.1, 0.15) is 22.3 Å². The number of rotatable bonds is 5. The van der Waals surface area contributed by atoms with E-state index in [0.717, 1.165) is 12.1 Å². The summed E-state index contributed by atoms with van der Waals surface area (Å²) in [6.07, 6.45) is -5.84. The summed E-state index contributed by atoms with van der Waals surface area (Å²) in [6.45, 7) is -0.115. The first-order valence-corrected chi connectivity index (χ1v) is 7.21. The van der Waals surface area contributed by atoms with Crippen LogP contribution in [0.5, 0.6) is 0 Å². The van der Waals surface area contributed by atoms with Gasteiger partial charge < -0.3 is 4.74 Å². The topological polar surface area (TPSA) is 93.2 Å². The van der Waals surface area contributed by atoms with E-state index in [-0.39, 0.29) is 6.61 Å². The molecule has 0 unspecified atom stereocenters. The van der Waals surface area contributed by atoms with Crippen molar-refractivity contribution in [1.29, 1.82) is 5.26 Å². The molecule has 26 heavy (non-hydrogen) atoms. The Morgan fingerprint density at radius 1 is 1.19 bits per heavy atom. The predicted molar refractivity (Wildman–Crippen MR) is 82.8 cm³/mol. The number of hydrogen-bond donors (Lipinski definition) is 0. The Labute approximate surface area is 145 Å². The number of hydrogen-bond acceptors (Lipinski definition) is 5. The van der Waals surface area contributed by atoms with Crippen molar-refractivity contribution in [2.75, 3.05) is 0 Å². The van der Waals surface area contributed by atoms with Crippen LogP contribution < -0.4 is 0 Å².